The van der Waals surface area contributed by atoms with E-state index in [1.54, 1.807) is 7.11 Å². The Hall–Kier alpha value is -0.160. The molecular weight excluding hydrogens is 204 g/mol. The predicted molar refractivity (Wildman–Crippen MR) is 63.5 cm³/mol. The van der Waals surface area contributed by atoms with Crippen LogP contribution in [0.2, 0.25) is 0 Å². The molecule has 1 aliphatic heterocycles. The highest BCUT2D eigenvalue weighted by molar-refractivity contribution is 4.92. The van der Waals surface area contributed by atoms with E-state index in [0.717, 1.165) is 45.6 Å². The van der Waals surface area contributed by atoms with Crippen LogP contribution in [0.4, 0.5) is 0 Å². The Balaban J connectivity index is 1.83. The van der Waals surface area contributed by atoms with Crippen molar-refractivity contribution in [1.82, 2.24) is 10.2 Å². The first-order chi connectivity index (χ1) is 7.73. The number of nitrogens with zero attached hydrogens (tertiary/aromatic N) is 1. The summed E-state index contributed by atoms with van der Waals surface area (Å²) in [6.07, 6.45) is 4.34. The van der Waals surface area contributed by atoms with Crippen molar-refractivity contribution in [1.29, 1.82) is 0 Å². The molecule has 94 valence electrons. The van der Waals surface area contributed by atoms with E-state index in [9.17, 15) is 5.11 Å². The van der Waals surface area contributed by atoms with Crippen LogP contribution in [0.5, 0.6) is 0 Å². The number of piperidine rings is 1. The van der Waals surface area contributed by atoms with Crippen molar-refractivity contribution in [3.05, 3.63) is 0 Å². The molecule has 1 saturated heterocycles. The molecule has 0 aromatic carbocycles. The van der Waals surface area contributed by atoms with Crippen molar-refractivity contribution in [2.24, 2.45) is 0 Å². The maximum atomic E-state index is 10.5. The van der Waals surface area contributed by atoms with Gasteiger partial charge in [0.15, 0.2) is 0 Å². The van der Waals surface area contributed by atoms with Gasteiger partial charge in [-0.05, 0) is 38.8 Å². The summed E-state index contributed by atoms with van der Waals surface area (Å²) in [4.78, 5) is 2.41. The lowest BCUT2D eigenvalue weighted by atomic mass is 9.92. The third-order valence-corrected chi connectivity index (χ3v) is 3.68. The smallest absolute Gasteiger partial charge is 0.0798 e. The zero-order valence-electron chi connectivity index (χ0n) is 10.2. The van der Waals surface area contributed by atoms with Gasteiger partial charge in [-0.15, -0.1) is 0 Å². The monoisotopic (exact) mass is 228 g/mol. The van der Waals surface area contributed by atoms with Gasteiger partial charge in [-0.3, -0.25) is 4.90 Å². The highest BCUT2D eigenvalue weighted by atomic mass is 16.5. The van der Waals surface area contributed by atoms with E-state index in [0.29, 0.717) is 6.04 Å². The van der Waals surface area contributed by atoms with Gasteiger partial charge in [-0.25, -0.2) is 0 Å². The fourth-order valence-electron chi connectivity index (χ4n) is 2.47. The lowest BCUT2D eigenvalue weighted by molar-refractivity contribution is -0.0270. The van der Waals surface area contributed by atoms with Crippen LogP contribution in [-0.2, 0) is 4.74 Å². The van der Waals surface area contributed by atoms with Gasteiger partial charge >= 0.3 is 0 Å². The zero-order valence-corrected chi connectivity index (χ0v) is 10.2. The average Bonchev–Trinajstić information content (AvgIpc) is 3.09. The first-order valence-corrected chi connectivity index (χ1v) is 6.40. The van der Waals surface area contributed by atoms with Crippen molar-refractivity contribution in [2.45, 2.75) is 37.3 Å². The van der Waals surface area contributed by atoms with Crippen LogP contribution in [0.1, 0.15) is 25.7 Å². The Labute approximate surface area is 98.0 Å². The summed E-state index contributed by atoms with van der Waals surface area (Å²) in [5.74, 6) is 0. The van der Waals surface area contributed by atoms with Crippen LogP contribution in [0.15, 0.2) is 0 Å². The van der Waals surface area contributed by atoms with Gasteiger partial charge in [0.1, 0.15) is 0 Å². The van der Waals surface area contributed by atoms with Crippen LogP contribution in [0.25, 0.3) is 0 Å². The SMILES string of the molecule is COCCN(CC1(O)CCNCC1)C1CC1. The molecule has 2 N–H and O–H groups in total. The molecule has 0 bridgehead atoms. The predicted octanol–water partition coefficient (Wildman–Crippen LogP) is 0.212. The summed E-state index contributed by atoms with van der Waals surface area (Å²) in [6.45, 7) is 4.43. The second kappa shape index (κ2) is 5.45. The quantitative estimate of drug-likeness (QED) is 0.682. The standard InChI is InChI=1S/C12H24N2O2/c1-16-9-8-14(11-2-3-11)10-12(15)4-6-13-7-5-12/h11,13,15H,2-10H2,1H3. The van der Waals surface area contributed by atoms with Gasteiger partial charge in [0.25, 0.3) is 0 Å². The molecule has 0 aromatic rings. The number of rotatable bonds is 6. The van der Waals surface area contributed by atoms with Crippen LogP contribution in [-0.4, -0.2) is 61.5 Å². The maximum absolute atomic E-state index is 10.5. The minimum Gasteiger partial charge on any atom is -0.388 e. The minimum absolute atomic E-state index is 0.471. The fraction of sp³-hybridized carbons (Fsp3) is 1.00. The molecule has 0 aromatic heterocycles. The normalized spacial score (nSPS) is 24.9. The van der Waals surface area contributed by atoms with E-state index in [1.807, 2.05) is 0 Å². The summed E-state index contributed by atoms with van der Waals surface area (Å²) < 4.78 is 5.14. The molecule has 4 heteroatoms. The summed E-state index contributed by atoms with van der Waals surface area (Å²) in [5, 5.41) is 13.8. The summed E-state index contributed by atoms with van der Waals surface area (Å²) in [7, 11) is 1.74. The zero-order chi connectivity index (χ0) is 11.4. The summed E-state index contributed by atoms with van der Waals surface area (Å²) >= 11 is 0. The maximum Gasteiger partial charge on any atom is 0.0798 e. The molecule has 1 saturated carbocycles. The Bertz CT molecular complexity index is 213. The summed E-state index contributed by atoms with van der Waals surface area (Å²) in [6, 6.07) is 0.703. The summed E-state index contributed by atoms with van der Waals surface area (Å²) in [5.41, 5.74) is -0.471. The molecule has 1 aliphatic carbocycles. The Morgan fingerprint density at radius 2 is 2.06 bits per heavy atom. The molecule has 0 atom stereocenters. The van der Waals surface area contributed by atoms with Gasteiger partial charge in [0.2, 0.25) is 0 Å². The molecule has 1 heterocycles. The van der Waals surface area contributed by atoms with E-state index in [-0.39, 0.29) is 0 Å². The molecule has 16 heavy (non-hydrogen) atoms. The van der Waals surface area contributed by atoms with E-state index < -0.39 is 5.60 Å². The molecule has 2 aliphatic rings. The number of nitrogens with one attached hydrogen (secondary N) is 1. The van der Waals surface area contributed by atoms with Crippen molar-refractivity contribution in [3.63, 3.8) is 0 Å². The molecule has 0 unspecified atom stereocenters. The minimum atomic E-state index is -0.471. The Kier molecular flexibility index (Phi) is 4.19. The second-order valence-corrected chi connectivity index (χ2v) is 5.17. The largest absolute Gasteiger partial charge is 0.388 e. The van der Waals surface area contributed by atoms with Crippen molar-refractivity contribution in [2.75, 3.05) is 39.9 Å². The number of aliphatic hydroxyl groups is 1. The molecule has 4 nitrogen and oxygen atoms in total. The molecule has 2 fully saturated rings. The van der Waals surface area contributed by atoms with Gasteiger partial charge in [0, 0.05) is 26.2 Å². The lowest BCUT2D eigenvalue weighted by Crippen LogP contribution is -2.50. The molecule has 0 radical (unpaired) electrons. The molecule has 0 amide bonds. The van der Waals surface area contributed by atoms with Crippen molar-refractivity contribution < 1.29 is 9.84 Å². The fourth-order valence-corrected chi connectivity index (χ4v) is 2.47. The first kappa shape index (κ1) is 12.3. The number of hydrogen-bond donors (Lipinski definition) is 2. The Morgan fingerprint density at radius 1 is 1.38 bits per heavy atom. The van der Waals surface area contributed by atoms with Crippen LogP contribution >= 0.6 is 0 Å². The van der Waals surface area contributed by atoms with Gasteiger partial charge in [0.05, 0.1) is 12.2 Å². The number of methoxy groups -OCH3 is 1. The highest BCUT2D eigenvalue weighted by Crippen LogP contribution is 2.30. The van der Waals surface area contributed by atoms with Crippen molar-refractivity contribution >= 4 is 0 Å². The van der Waals surface area contributed by atoms with Crippen LogP contribution in [0.3, 0.4) is 0 Å². The second-order valence-electron chi connectivity index (χ2n) is 5.17. The lowest BCUT2D eigenvalue weighted by Gasteiger charge is -2.37. The van der Waals surface area contributed by atoms with Gasteiger partial charge < -0.3 is 15.2 Å². The third kappa shape index (κ3) is 3.42. The van der Waals surface area contributed by atoms with Gasteiger partial charge in [-0.1, -0.05) is 0 Å². The van der Waals surface area contributed by atoms with Crippen LogP contribution in [0, 0.1) is 0 Å². The molecule has 2 rings (SSSR count). The Morgan fingerprint density at radius 3 is 2.62 bits per heavy atom. The van der Waals surface area contributed by atoms with E-state index in [1.165, 1.54) is 12.8 Å². The highest BCUT2D eigenvalue weighted by Gasteiger charge is 2.36. The molecular formula is C12H24N2O2. The van der Waals surface area contributed by atoms with E-state index >= 15 is 0 Å². The van der Waals surface area contributed by atoms with Gasteiger partial charge in [-0.2, -0.15) is 0 Å². The topological polar surface area (TPSA) is 44.7 Å². The number of ether oxygens (including phenoxy) is 1. The third-order valence-electron chi connectivity index (χ3n) is 3.68. The van der Waals surface area contributed by atoms with E-state index in [2.05, 4.69) is 10.2 Å². The average molecular weight is 228 g/mol. The first-order valence-electron chi connectivity index (χ1n) is 6.40. The van der Waals surface area contributed by atoms with Crippen molar-refractivity contribution in [3.8, 4) is 0 Å². The van der Waals surface area contributed by atoms with Crippen LogP contribution < -0.4 is 5.32 Å². The van der Waals surface area contributed by atoms with E-state index in [4.69, 9.17) is 4.74 Å². The molecule has 0 spiro atoms. The number of hydrogen-bond acceptors (Lipinski definition) is 4.